The van der Waals surface area contributed by atoms with Crippen molar-refractivity contribution in [1.82, 2.24) is 0 Å². The van der Waals surface area contributed by atoms with Crippen molar-refractivity contribution < 1.29 is 9.59 Å². The second-order valence-corrected chi connectivity index (χ2v) is 4.85. The van der Waals surface area contributed by atoms with Gasteiger partial charge >= 0.3 is 0 Å². The van der Waals surface area contributed by atoms with Crippen molar-refractivity contribution in [3.05, 3.63) is 59.7 Å². The summed E-state index contributed by atoms with van der Waals surface area (Å²) in [7, 11) is 0. The minimum absolute atomic E-state index is 0.0239. The first-order valence-corrected chi connectivity index (χ1v) is 6.76. The van der Waals surface area contributed by atoms with Gasteiger partial charge in [0.15, 0.2) is 5.78 Å². The van der Waals surface area contributed by atoms with E-state index in [9.17, 15) is 9.59 Å². The summed E-state index contributed by atoms with van der Waals surface area (Å²) in [6, 6.07) is 14.7. The van der Waals surface area contributed by atoms with Crippen LogP contribution in [0.5, 0.6) is 0 Å². The first kappa shape index (κ1) is 14.8. The Labute approximate surface area is 124 Å². The minimum Gasteiger partial charge on any atom is -0.376 e. The van der Waals surface area contributed by atoms with Crippen molar-refractivity contribution in [3.8, 4) is 0 Å². The zero-order valence-corrected chi connectivity index (χ0v) is 12.1. The molecule has 2 aromatic carbocycles. The molecule has 0 aromatic heterocycles. The molecule has 0 spiro atoms. The Morgan fingerprint density at radius 2 is 1.81 bits per heavy atom. The SMILES string of the molecule is CC(=O)c1cccc(NC(=O)CNc2ccccc2C)c1. The zero-order valence-electron chi connectivity index (χ0n) is 12.1. The maximum absolute atomic E-state index is 11.9. The number of anilines is 2. The van der Waals surface area contributed by atoms with E-state index in [1.807, 2.05) is 31.2 Å². The number of hydrogen-bond acceptors (Lipinski definition) is 3. The third-order valence-corrected chi connectivity index (χ3v) is 3.14. The van der Waals surface area contributed by atoms with Crippen LogP contribution < -0.4 is 10.6 Å². The smallest absolute Gasteiger partial charge is 0.243 e. The monoisotopic (exact) mass is 282 g/mol. The molecule has 0 aliphatic carbocycles. The fourth-order valence-corrected chi connectivity index (χ4v) is 1.97. The lowest BCUT2D eigenvalue weighted by atomic mass is 10.1. The van der Waals surface area contributed by atoms with E-state index in [1.165, 1.54) is 6.92 Å². The number of carbonyl (C=O) groups is 2. The molecule has 0 atom stereocenters. The summed E-state index contributed by atoms with van der Waals surface area (Å²) < 4.78 is 0. The van der Waals surface area contributed by atoms with Crippen LogP contribution in [0.1, 0.15) is 22.8 Å². The molecule has 4 heteroatoms. The number of benzene rings is 2. The average Bonchev–Trinajstić information content (AvgIpc) is 2.46. The number of nitrogens with one attached hydrogen (secondary N) is 2. The molecule has 0 radical (unpaired) electrons. The fourth-order valence-electron chi connectivity index (χ4n) is 1.97. The molecule has 21 heavy (non-hydrogen) atoms. The Kier molecular flexibility index (Phi) is 4.72. The van der Waals surface area contributed by atoms with Crippen LogP contribution >= 0.6 is 0 Å². The topological polar surface area (TPSA) is 58.2 Å². The molecule has 0 aliphatic rings. The van der Waals surface area contributed by atoms with Crippen molar-refractivity contribution in [2.75, 3.05) is 17.2 Å². The Bertz CT molecular complexity index is 665. The number of hydrogen-bond donors (Lipinski definition) is 2. The maximum Gasteiger partial charge on any atom is 0.243 e. The molecule has 0 fully saturated rings. The van der Waals surface area contributed by atoms with Gasteiger partial charge in [-0.15, -0.1) is 0 Å². The van der Waals surface area contributed by atoms with Gasteiger partial charge in [-0.3, -0.25) is 9.59 Å². The second-order valence-electron chi connectivity index (χ2n) is 4.85. The Hall–Kier alpha value is -2.62. The molecule has 1 amide bonds. The summed E-state index contributed by atoms with van der Waals surface area (Å²) in [5.41, 5.74) is 3.23. The lowest BCUT2D eigenvalue weighted by molar-refractivity contribution is -0.114. The van der Waals surface area contributed by atoms with Gasteiger partial charge in [0.25, 0.3) is 0 Å². The van der Waals surface area contributed by atoms with E-state index in [0.29, 0.717) is 11.3 Å². The van der Waals surface area contributed by atoms with Crippen LogP contribution in [0.15, 0.2) is 48.5 Å². The summed E-state index contributed by atoms with van der Waals surface area (Å²) >= 11 is 0. The quantitative estimate of drug-likeness (QED) is 0.828. The summed E-state index contributed by atoms with van der Waals surface area (Å²) in [6.45, 7) is 3.66. The number of ketones is 1. The molecule has 0 bridgehead atoms. The van der Waals surface area contributed by atoms with E-state index in [1.54, 1.807) is 24.3 Å². The van der Waals surface area contributed by atoms with Gasteiger partial charge in [-0.1, -0.05) is 30.3 Å². The number of amides is 1. The van der Waals surface area contributed by atoms with E-state index < -0.39 is 0 Å². The molecular weight excluding hydrogens is 264 g/mol. The fraction of sp³-hybridized carbons (Fsp3) is 0.176. The molecule has 2 rings (SSSR count). The van der Waals surface area contributed by atoms with Gasteiger partial charge in [0.1, 0.15) is 0 Å². The molecule has 0 saturated heterocycles. The first-order valence-electron chi connectivity index (χ1n) is 6.76. The standard InChI is InChI=1S/C17H18N2O2/c1-12-6-3-4-9-16(12)18-11-17(21)19-15-8-5-7-14(10-15)13(2)20/h3-10,18H,11H2,1-2H3,(H,19,21). The van der Waals surface area contributed by atoms with Crippen LogP contribution in [-0.2, 0) is 4.79 Å². The molecule has 0 aliphatic heterocycles. The van der Waals surface area contributed by atoms with Crippen LogP contribution in [0, 0.1) is 6.92 Å². The Morgan fingerprint density at radius 3 is 2.52 bits per heavy atom. The Balaban J connectivity index is 1.95. The van der Waals surface area contributed by atoms with Crippen LogP contribution in [0.3, 0.4) is 0 Å². The summed E-state index contributed by atoms with van der Waals surface area (Å²) in [6.07, 6.45) is 0. The van der Waals surface area contributed by atoms with Crippen LogP contribution in [0.4, 0.5) is 11.4 Å². The summed E-state index contributed by atoms with van der Waals surface area (Å²) in [5, 5.41) is 5.86. The van der Waals surface area contributed by atoms with Crippen molar-refractivity contribution in [2.45, 2.75) is 13.8 Å². The molecular formula is C17H18N2O2. The van der Waals surface area contributed by atoms with E-state index in [2.05, 4.69) is 10.6 Å². The van der Waals surface area contributed by atoms with Crippen molar-refractivity contribution in [3.63, 3.8) is 0 Å². The number of Topliss-reactive ketones (excluding diaryl/α,β-unsaturated/α-hetero) is 1. The van der Waals surface area contributed by atoms with Gasteiger partial charge in [-0.05, 0) is 37.6 Å². The van der Waals surface area contributed by atoms with E-state index in [0.717, 1.165) is 11.3 Å². The second kappa shape index (κ2) is 6.70. The molecule has 0 heterocycles. The lowest BCUT2D eigenvalue weighted by Crippen LogP contribution is -2.22. The highest BCUT2D eigenvalue weighted by Crippen LogP contribution is 2.13. The van der Waals surface area contributed by atoms with E-state index >= 15 is 0 Å². The summed E-state index contributed by atoms with van der Waals surface area (Å²) in [5.74, 6) is -0.178. The average molecular weight is 282 g/mol. The normalized spacial score (nSPS) is 10.0. The molecule has 4 nitrogen and oxygen atoms in total. The number of para-hydroxylation sites is 1. The van der Waals surface area contributed by atoms with Crippen LogP contribution in [0.2, 0.25) is 0 Å². The van der Waals surface area contributed by atoms with Gasteiger partial charge in [-0.25, -0.2) is 0 Å². The third-order valence-electron chi connectivity index (χ3n) is 3.14. The number of aryl methyl sites for hydroxylation is 1. The molecule has 0 saturated carbocycles. The van der Waals surface area contributed by atoms with Gasteiger partial charge < -0.3 is 10.6 Å². The highest BCUT2D eigenvalue weighted by molar-refractivity contribution is 5.98. The van der Waals surface area contributed by atoms with E-state index in [-0.39, 0.29) is 18.2 Å². The number of rotatable bonds is 5. The molecule has 108 valence electrons. The predicted molar refractivity (Wildman–Crippen MR) is 84.7 cm³/mol. The molecule has 0 unspecified atom stereocenters. The summed E-state index contributed by atoms with van der Waals surface area (Å²) in [4.78, 5) is 23.2. The predicted octanol–water partition coefficient (Wildman–Crippen LogP) is 3.25. The highest BCUT2D eigenvalue weighted by atomic mass is 16.2. The lowest BCUT2D eigenvalue weighted by Gasteiger charge is -2.10. The van der Waals surface area contributed by atoms with Crippen molar-refractivity contribution in [2.24, 2.45) is 0 Å². The highest BCUT2D eigenvalue weighted by Gasteiger charge is 2.05. The maximum atomic E-state index is 11.9. The van der Waals surface area contributed by atoms with Crippen LogP contribution in [0.25, 0.3) is 0 Å². The zero-order chi connectivity index (χ0) is 15.2. The largest absolute Gasteiger partial charge is 0.376 e. The third kappa shape index (κ3) is 4.18. The Morgan fingerprint density at radius 1 is 1.05 bits per heavy atom. The van der Waals surface area contributed by atoms with Gasteiger partial charge in [0, 0.05) is 16.9 Å². The van der Waals surface area contributed by atoms with Gasteiger partial charge in [0.05, 0.1) is 6.54 Å². The van der Waals surface area contributed by atoms with Crippen molar-refractivity contribution in [1.29, 1.82) is 0 Å². The molecule has 2 aromatic rings. The van der Waals surface area contributed by atoms with Gasteiger partial charge in [0.2, 0.25) is 5.91 Å². The first-order chi connectivity index (χ1) is 10.1. The minimum atomic E-state index is -0.154. The molecule has 2 N–H and O–H groups in total. The van der Waals surface area contributed by atoms with E-state index in [4.69, 9.17) is 0 Å². The van der Waals surface area contributed by atoms with Crippen molar-refractivity contribution >= 4 is 23.1 Å². The van der Waals surface area contributed by atoms with Gasteiger partial charge in [-0.2, -0.15) is 0 Å². The van der Waals surface area contributed by atoms with Crippen LogP contribution in [-0.4, -0.2) is 18.2 Å². The number of carbonyl (C=O) groups excluding carboxylic acids is 2.